The Labute approximate surface area is 101 Å². The quantitative estimate of drug-likeness (QED) is 0.713. The van der Waals surface area contributed by atoms with E-state index in [0.717, 1.165) is 5.56 Å². The lowest BCUT2D eigenvalue weighted by Gasteiger charge is -2.09. The zero-order valence-electron chi connectivity index (χ0n) is 10.5. The predicted octanol–water partition coefficient (Wildman–Crippen LogP) is 2.20. The van der Waals surface area contributed by atoms with Crippen molar-refractivity contribution in [2.75, 3.05) is 20.8 Å². The molecule has 0 amide bonds. The van der Waals surface area contributed by atoms with Crippen molar-refractivity contribution in [2.24, 2.45) is 0 Å². The molecule has 0 aromatic heterocycles. The number of carbonyl (C=O) groups is 1. The minimum atomic E-state index is -0.178. The summed E-state index contributed by atoms with van der Waals surface area (Å²) < 4.78 is 15.2. The fourth-order valence-corrected chi connectivity index (χ4v) is 1.52. The molecule has 0 fully saturated rings. The van der Waals surface area contributed by atoms with Crippen LogP contribution < -0.4 is 9.47 Å². The summed E-state index contributed by atoms with van der Waals surface area (Å²) in [4.78, 5) is 11.2. The summed E-state index contributed by atoms with van der Waals surface area (Å²) in [7, 11) is 3.18. The van der Waals surface area contributed by atoms with Gasteiger partial charge in [0, 0.05) is 6.42 Å². The molecule has 0 N–H and O–H groups in total. The molecule has 0 spiro atoms. The Kier molecular flexibility index (Phi) is 5.33. The van der Waals surface area contributed by atoms with Crippen LogP contribution in [0, 0.1) is 0 Å². The van der Waals surface area contributed by atoms with Crippen LogP contribution in [0.15, 0.2) is 18.2 Å². The first-order valence-corrected chi connectivity index (χ1v) is 5.57. The van der Waals surface area contributed by atoms with Gasteiger partial charge in [0.25, 0.3) is 0 Å². The highest BCUT2D eigenvalue weighted by atomic mass is 16.5. The number of hydrogen-bond donors (Lipinski definition) is 0. The molecule has 1 rings (SSSR count). The number of esters is 1. The van der Waals surface area contributed by atoms with E-state index in [9.17, 15) is 4.79 Å². The smallest absolute Gasteiger partial charge is 0.306 e. The van der Waals surface area contributed by atoms with Gasteiger partial charge in [-0.2, -0.15) is 0 Å². The molecule has 4 heteroatoms. The molecule has 0 saturated heterocycles. The van der Waals surface area contributed by atoms with Crippen molar-refractivity contribution in [1.82, 2.24) is 0 Å². The van der Waals surface area contributed by atoms with Gasteiger partial charge in [0.05, 0.1) is 20.8 Å². The summed E-state index contributed by atoms with van der Waals surface area (Å²) in [5, 5.41) is 0. The van der Waals surface area contributed by atoms with Crippen LogP contribution in [0.2, 0.25) is 0 Å². The normalized spacial score (nSPS) is 9.82. The van der Waals surface area contributed by atoms with Crippen LogP contribution in [-0.4, -0.2) is 26.8 Å². The van der Waals surface area contributed by atoms with E-state index < -0.39 is 0 Å². The Bertz CT molecular complexity index is 374. The predicted molar refractivity (Wildman–Crippen MR) is 64.5 cm³/mol. The van der Waals surface area contributed by atoms with Gasteiger partial charge in [0.1, 0.15) is 0 Å². The molecule has 0 radical (unpaired) electrons. The molecule has 0 unspecified atom stereocenters. The lowest BCUT2D eigenvalue weighted by atomic mass is 10.1. The lowest BCUT2D eigenvalue weighted by Crippen LogP contribution is -2.05. The highest BCUT2D eigenvalue weighted by Crippen LogP contribution is 2.27. The van der Waals surface area contributed by atoms with Crippen LogP contribution in [-0.2, 0) is 16.0 Å². The standard InChI is InChI=1S/C13H18O4/c1-4-17-13(14)8-6-10-5-7-11(15-2)12(9-10)16-3/h5,7,9H,4,6,8H2,1-3H3. The second kappa shape index (κ2) is 6.78. The van der Waals surface area contributed by atoms with Crippen LogP contribution in [0.4, 0.5) is 0 Å². The third-order valence-electron chi connectivity index (χ3n) is 2.37. The Morgan fingerprint density at radius 2 is 1.88 bits per heavy atom. The average Bonchev–Trinajstić information content (AvgIpc) is 2.36. The zero-order chi connectivity index (χ0) is 12.7. The van der Waals surface area contributed by atoms with Crippen LogP contribution in [0.5, 0.6) is 11.5 Å². The fraction of sp³-hybridized carbons (Fsp3) is 0.462. The second-order valence-corrected chi connectivity index (χ2v) is 3.49. The average molecular weight is 238 g/mol. The van der Waals surface area contributed by atoms with E-state index in [1.807, 2.05) is 18.2 Å². The van der Waals surface area contributed by atoms with Gasteiger partial charge in [-0.3, -0.25) is 4.79 Å². The summed E-state index contributed by atoms with van der Waals surface area (Å²) in [5.41, 5.74) is 1.02. The molecular weight excluding hydrogens is 220 g/mol. The van der Waals surface area contributed by atoms with Gasteiger partial charge in [-0.15, -0.1) is 0 Å². The number of benzene rings is 1. The number of aryl methyl sites for hydroxylation is 1. The molecule has 1 aromatic rings. The molecule has 1 aromatic carbocycles. The van der Waals surface area contributed by atoms with Gasteiger partial charge in [-0.25, -0.2) is 0 Å². The minimum Gasteiger partial charge on any atom is -0.493 e. The van der Waals surface area contributed by atoms with Crippen molar-refractivity contribution in [3.63, 3.8) is 0 Å². The number of carbonyl (C=O) groups excluding carboxylic acids is 1. The molecule has 0 aliphatic rings. The van der Waals surface area contributed by atoms with Gasteiger partial charge >= 0.3 is 5.97 Å². The minimum absolute atomic E-state index is 0.178. The van der Waals surface area contributed by atoms with E-state index >= 15 is 0 Å². The van der Waals surface area contributed by atoms with Gasteiger partial charge < -0.3 is 14.2 Å². The van der Waals surface area contributed by atoms with Gasteiger partial charge in [-0.1, -0.05) is 6.07 Å². The van der Waals surface area contributed by atoms with E-state index in [-0.39, 0.29) is 5.97 Å². The van der Waals surface area contributed by atoms with Crippen LogP contribution in [0.25, 0.3) is 0 Å². The monoisotopic (exact) mass is 238 g/mol. The summed E-state index contributed by atoms with van der Waals surface area (Å²) in [6, 6.07) is 5.62. The van der Waals surface area contributed by atoms with Crippen molar-refractivity contribution in [2.45, 2.75) is 19.8 Å². The Morgan fingerprint density at radius 1 is 1.18 bits per heavy atom. The van der Waals surface area contributed by atoms with E-state index in [2.05, 4.69) is 0 Å². The van der Waals surface area contributed by atoms with E-state index in [1.54, 1.807) is 21.1 Å². The second-order valence-electron chi connectivity index (χ2n) is 3.49. The Hall–Kier alpha value is -1.71. The van der Waals surface area contributed by atoms with E-state index in [1.165, 1.54) is 0 Å². The topological polar surface area (TPSA) is 44.8 Å². The van der Waals surface area contributed by atoms with Crippen molar-refractivity contribution in [3.8, 4) is 11.5 Å². The molecule has 94 valence electrons. The molecule has 4 nitrogen and oxygen atoms in total. The third kappa shape index (κ3) is 3.98. The van der Waals surface area contributed by atoms with Crippen molar-refractivity contribution >= 4 is 5.97 Å². The largest absolute Gasteiger partial charge is 0.493 e. The molecule has 0 bridgehead atoms. The van der Waals surface area contributed by atoms with Crippen molar-refractivity contribution in [1.29, 1.82) is 0 Å². The first-order chi connectivity index (χ1) is 8.21. The molecule has 0 saturated carbocycles. The Morgan fingerprint density at radius 3 is 2.47 bits per heavy atom. The van der Waals surface area contributed by atoms with E-state index in [0.29, 0.717) is 30.9 Å². The fourth-order valence-electron chi connectivity index (χ4n) is 1.52. The summed E-state index contributed by atoms with van der Waals surface area (Å²) in [5.74, 6) is 1.18. The molecular formula is C13H18O4. The summed E-state index contributed by atoms with van der Waals surface area (Å²) in [6.07, 6.45) is 1.02. The first kappa shape index (κ1) is 13.4. The zero-order valence-corrected chi connectivity index (χ0v) is 10.5. The first-order valence-electron chi connectivity index (χ1n) is 5.57. The lowest BCUT2D eigenvalue weighted by molar-refractivity contribution is -0.143. The van der Waals surface area contributed by atoms with Crippen molar-refractivity contribution < 1.29 is 19.0 Å². The third-order valence-corrected chi connectivity index (χ3v) is 2.37. The molecule has 0 aliphatic heterocycles. The molecule has 0 aliphatic carbocycles. The van der Waals surface area contributed by atoms with Gasteiger partial charge in [-0.05, 0) is 31.0 Å². The number of hydrogen-bond acceptors (Lipinski definition) is 4. The molecule has 0 heterocycles. The molecule has 17 heavy (non-hydrogen) atoms. The number of rotatable bonds is 6. The van der Waals surface area contributed by atoms with E-state index in [4.69, 9.17) is 14.2 Å². The van der Waals surface area contributed by atoms with Crippen LogP contribution in [0.1, 0.15) is 18.9 Å². The maximum Gasteiger partial charge on any atom is 0.306 e. The number of ether oxygens (including phenoxy) is 3. The SMILES string of the molecule is CCOC(=O)CCc1ccc(OC)c(OC)c1. The maximum absolute atomic E-state index is 11.2. The highest BCUT2D eigenvalue weighted by molar-refractivity contribution is 5.69. The summed E-state index contributed by atoms with van der Waals surface area (Å²) >= 11 is 0. The summed E-state index contributed by atoms with van der Waals surface area (Å²) in [6.45, 7) is 2.22. The Balaban J connectivity index is 2.63. The van der Waals surface area contributed by atoms with Gasteiger partial charge in [0.15, 0.2) is 11.5 Å². The molecule has 0 atom stereocenters. The maximum atomic E-state index is 11.2. The van der Waals surface area contributed by atoms with Crippen LogP contribution >= 0.6 is 0 Å². The van der Waals surface area contributed by atoms with Crippen molar-refractivity contribution in [3.05, 3.63) is 23.8 Å². The number of methoxy groups -OCH3 is 2. The van der Waals surface area contributed by atoms with Gasteiger partial charge in [0.2, 0.25) is 0 Å². The highest BCUT2D eigenvalue weighted by Gasteiger charge is 2.07. The van der Waals surface area contributed by atoms with Crippen LogP contribution in [0.3, 0.4) is 0 Å².